The highest BCUT2D eigenvalue weighted by molar-refractivity contribution is 6.32. The summed E-state index contributed by atoms with van der Waals surface area (Å²) in [5.74, 6) is -2.23. The Kier molecular flexibility index (Phi) is 15.9. The zero-order chi connectivity index (χ0) is 44.6. The number of epoxide rings is 1. The second kappa shape index (κ2) is 20.5. The smallest absolute Gasteiger partial charge is 0.410 e. The fraction of sp³-hybridized carbons (Fsp3) is 0.587. The molecule has 3 aliphatic heterocycles. The fourth-order valence-corrected chi connectivity index (χ4v) is 7.59. The lowest BCUT2D eigenvalue weighted by Gasteiger charge is -2.35. The van der Waals surface area contributed by atoms with Crippen molar-refractivity contribution in [3.05, 3.63) is 76.3 Å². The summed E-state index contributed by atoms with van der Waals surface area (Å²) in [4.78, 5) is 71.0. The first-order chi connectivity index (χ1) is 28.7. The highest BCUT2D eigenvalue weighted by atomic mass is 35.5. The lowest BCUT2D eigenvalue weighted by molar-refractivity contribution is -0.179. The number of carbonyl (C=O) groups is 5. The number of esters is 2. The van der Waals surface area contributed by atoms with Crippen molar-refractivity contribution in [3.63, 3.8) is 0 Å². The molecule has 2 aromatic carbocycles. The monoisotopic (exact) mass is 866 g/mol. The van der Waals surface area contributed by atoms with Gasteiger partial charge in [-0.2, -0.15) is 0 Å². The van der Waals surface area contributed by atoms with E-state index in [4.69, 9.17) is 35.3 Å². The minimum absolute atomic E-state index is 0.00796. The molecule has 3 aliphatic rings. The Morgan fingerprint density at radius 1 is 0.967 bits per heavy atom. The van der Waals surface area contributed by atoms with Crippen LogP contribution < -0.4 is 15.4 Å². The second-order valence-electron chi connectivity index (χ2n) is 18.3. The normalized spacial score (nSPS) is 24.9. The van der Waals surface area contributed by atoms with Crippen molar-refractivity contribution in [2.24, 2.45) is 17.3 Å². The molecule has 0 aliphatic carbocycles. The Bertz CT molecular complexity index is 1900. The number of methoxy groups -OCH3 is 1. The maximum Gasteiger partial charge on any atom is 0.410 e. The maximum atomic E-state index is 13.9. The van der Waals surface area contributed by atoms with Gasteiger partial charge >= 0.3 is 18.0 Å². The molecule has 14 nitrogen and oxygen atoms in total. The van der Waals surface area contributed by atoms with Gasteiger partial charge in [0.2, 0.25) is 11.8 Å². The van der Waals surface area contributed by atoms with Crippen LogP contribution in [0.3, 0.4) is 0 Å². The predicted molar refractivity (Wildman–Crippen MR) is 230 cm³/mol. The van der Waals surface area contributed by atoms with E-state index in [-0.39, 0.29) is 55.9 Å². The number of nitrogens with one attached hydrogen (secondary N) is 2. The number of amides is 3. The molecule has 2 fully saturated rings. The van der Waals surface area contributed by atoms with Crippen LogP contribution >= 0.6 is 11.6 Å². The second-order valence-corrected chi connectivity index (χ2v) is 18.7. The summed E-state index contributed by atoms with van der Waals surface area (Å²) in [6.07, 6.45) is 0.720. The molecule has 5 rings (SSSR count). The van der Waals surface area contributed by atoms with Gasteiger partial charge in [-0.3, -0.25) is 19.3 Å². The van der Waals surface area contributed by atoms with Gasteiger partial charge in [0.1, 0.15) is 29.6 Å². The van der Waals surface area contributed by atoms with E-state index in [1.165, 1.54) is 13.2 Å². The van der Waals surface area contributed by atoms with E-state index < -0.39 is 53.0 Å². The molecule has 0 radical (unpaired) electrons. The number of benzene rings is 2. The van der Waals surface area contributed by atoms with Crippen molar-refractivity contribution in [2.75, 3.05) is 39.8 Å². The standard InChI is InChI=1S/C46H63ClN4O10/c1-28(2)23-37-42(54)58-35(29(3)39-40(60-39)32-16-13-30(14-17-32)26-50-19-21-51(22-20-50)44(56)61-45(4,5)6)11-10-12-38(52)49-34(25-31-15-18-36(57-9)33(47)24-31)41(53)48-27-46(7,8)43(55)59-37/h10,12-18,24,28-29,34-35,37,39-40H,11,19-23,25-27H2,1-9H3,(H,48,53)(H,49,52)/t29-,34+,35-,37-,39+,40+/m0/s1. The number of nitrogens with zero attached hydrogens (tertiary/aromatic N) is 2. The number of halogens is 1. The molecule has 0 bridgehead atoms. The van der Waals surface area contributed by atoms with Crippen molar-refractivity contribution in [1.29, 1.82) is 0 Å². The molecular weight excluding hydrogens is 804 g/mol. The number of hydrogen-bond acceptors (Lipinski definition) is 11. The van der Waals surface area contributed by atoms with Gasteiger partial charge in [-0.05, 0) is 81.9 Å². The predicted octanol–water partition coefficient (Wildman–Crippen LogP) is 6.18. The van der Waals surface area contributed by atoms with Crippen molar-refractivity contribution >= 4 is 41.4 Å². The summed E-state index contributed by atoms with van der Waals surface area (Å²) >= 11 is 6.37. The average molecular weight is 867 g/mol. The van der Waals surface area contributed by atoms with Crippen LogP contribution in [0.2, 0.25) is 5.02 Å². The Labute approximate surface area is 364 Å². The molecular formula is C46H63ClN4O10. The van der Waals surface area contributed by atoms with Crippen molar-refractivity contribution < 1.29 is 47.7 Å². The van der Waals surface area contributed by atoms with Crippen molar-refractivity contribution in [2.45, 2.75) is 117 Å². The van der Waals surface area contributed by atoms with Gasteiger partial charge in [-0.25, -0.2) is 9.59 Å². The van der Waals surface area contributed by atoms with E-state index in [2.05, 4.69) is 27.7 Å². The third kappa shape index (κ3) is 13.7. The van der Waals surface area contributed by atoms with Gasteiger partial charge in [-0.1, -0.05) is 68.8 Å². The molecule has 61 heavy (non-hydrogen) atoms. The number of carbonyl (C=O) groups excluding carboxylic acids is 5. The van der Waals surface area contributed by atoms with E-state index in [9.17, 15) is 24.0 Å². The van der Waals surface area contributed by atoms with Crippen LogP contribution in [-0.4, -0.2) is 109 Å². The summed E-state index contributed by atoms with van der Waals surface area (Å²) < 4.78 is 29.0. The van der Waals surface area contributed by atoms with E-state index in [1.54, 1.807) is 43.0 Å². The molecule has 15 heteroatoms. The first-order valence-corrected chi connectivity index (χ1v) is 21.5. The largest absolute Gasteiger partial charge is 0.495 e. The summed E-state index contributed by atoms with van der Waals surface area (Å²) in [7, 11) is 1.50. The Balaban J connectivity index is 1.28. The zero-order valence-electron chi connectivity index (χ0n) is 37.0. The van der Waals surface area contributed by atoms with Crippen LogP contribution in [0.5, 0.6) is 5.75 Å². The summed E-state index contributed by atoms with van der Waals surface area (Å²) in [6.45, 7) is 17.9. The van der Waals surface area contributed by atoms with Gasteiger partial charge in [0.05, 0.1) is 23.7 Å². The minimum Gasteiger partial charge on any atom is -0.495 e. The molecule has 3 heterocycles. The molecule has 6 atom stereocenters. The summed E-state index contributed by atoms with van der Waals surface area (Å²) in [6, 6.07) is 12.4. The molecule has 0 saturated carbocycles. The average Bonchev–Trinajstić information content (AvgIpc) is 3.99. The molecule has 334 valence electrons. The highest BCUT2D eigenvalue weighted by Gasteiger charge is 2.48. The lowest BCUT2D eigenvalue weighted by atomic mass is 9.92. The molecule has 2 saturated heterocycles. The molecule has 0 aromatic heterocycles. The summed E-state index contributed by atoms with van der Waals surface area (Å²) in [5.41, 5.74) is 1.05. The minimum atomic E-state index is -1.23. The van der Waals surface area contributed by atoms with Crippen molar-refractivity contribution in [1.82, 2.24) is 20.4 Å². The molecule has 3 amide bonds. The number of hydrogen-bond donors (Lipinski definition) is 2. The Morgan fingerprint density at radius 2 is 1.64 bits per heavy atom. The van der Waals surface area contributed by atoms with Crippen LogP contribution in [0, 0.1) is 17.3 Å². The van der Waals surface area contributed by atoms with Gasteiger partial charge < -0.3 is 39.2 Å². The van der Waals surface area contributed by atoms with E-state index in [1.807, 2.05) is 53.7 Å². The van der Waals surface area contributed by atoms with Gasteiger partial charge in [0.25, 0.3) is 0 Å². The van der Waals surface area contributed by atoms with E-state index in [0.29, 0.717) is 29.4 Å². The number of cyclic esters (lactones) is 2. The zero-order valence-corrected chi connectivity index (χ0v) is 37.7. The van der Waals surface area contributed by atoms with E-state index >= 15 is 0 Å². The van der Waals surface area contributed by atoms with Crippen LogP contribution in [-0.2, 0) is 51.1 Å². The van der Waals surface area contributed by atoms with E-state index in [0.717, 1.165) is 30.8 Å². The molecule has 2 aromatic rings. The highest BCUT2D eigenvalue weighted by Crippen LogP contribution is 2.45. The molecule has 0 spiro atoms. The third-order valence-electron chi connectivity index (χ3n) is 11.0. The van der Waals surface area contributed by atoms with Gasteiger partial charge in [-0.15, -0.1) is 0 Å². The fourth-order valence-electron chi connectivity index (χ4n) is 7.31. The number of ether oxygens (including phenoxy) is 5. The molecule has 0 unspecified atom stereocenters. The summed E-state index contributed by atoms with van der Waals surface area (Å²) in [5, 5.41) is 5.93. The van der Waals surface area contributed by atoms with Crippen LogP contribution in [0.25, 0.3) is 0 Å². The number of rotatable bonds is 10. The van der Waals surface area contributed by atoms with Gasteiger partial charge in [0.15, 0.2) is 6.10 Å². The Hall–Kier alpha value is -4.66. The maximum absolute atomic E-state index is 13.9. The van der Waals surface area contributed by atoms with Crippen LogP contribution in [0.15, 0.2) is 54.6 Å². The Morgan fingerprint density at radius 3 is 2.26 bits per heavy atom. The number of piperazine rings is 1. The van der Waals surface area contributed by atoms with Crippen molar-refractivity contribution in [3.8, 4) is 5.75 Å². The van der Waals surface area contributed by atoms with Crippen LogP contribution in [0.1, 0.15) is 91.0 Å². The first kappa shape index (κ1) is 47.4. The first-order valence-electron chi connectivity index (χ1n) is 21.2. The SMILES string of the molecule is COc1ccc(C[C@H]2NC(=O)C=CC[C@@H]([C@H](C)[C@H]3O[C@@H]3c3ccc(CN4CCN(C(=O)OC(C)(C)C)CC4)cc3)OC(=O)[C@H](CC(C)C)OC(=O)C(C)(C)CNC2=O)cc1Cl. The molecule has 2 N–H and O–H groups in total. The topological polar surface area (TPSA) is 165 Å². The lowest BCUT2D eigenvalue weighted by Crippen LogP contribution is -2.51. The van der Waals surface area contributed by atoms with Crippen LogP contribution in [0.4, 0.5) is 4.79 Å². The quantitative estimate of drug-likeness (QED) is 0.159. The third-order valence-corrected chi connectivity index (χ3v) is 11.3. The van der Waals surface area contributed by atoms with Gasteiger partial charge in [0, 0.05) is 58.0 Å².